The van der Waals surface area contributed by atoms with Crippen molar-refractivity contribution >= 4 is 11.3 Å². The molecule has 0 radical (unpaired) electrons. The molecule has 5 rings (SSSR count). The Morgan fingerprint density at radius 3 is 1.62 bits per heavy atom. The Hall–Kier alpha value is -3.40. The molecule has 0 amide bonds. The van der Waals surface area contributed by atoms with E-state index in [-0.39, 0.29) is 0 Å². The fraction of sp³-hybridized carbons (Fsp3) is 0.0909. The SMILES string of the molecule is Cc1ccc2nc(-c3cccc(-c4cn5cc(C)ccc5n4)c3)cn2c1. The number of hydrogen-bond acceptors (Lipinski definition) is 2. The lowest BCUT2D eigenvalue weighted by atomic mass is 10.1. The molecule has 126 valence electrons. The largest absolute Gasteiger partial charge is 0.306 e. The highest BCUT2D eigenvalue weighted by Crippen LogP contribution is 2.26. The summed E-state index contributed by atoms with van der Waals surface area (Å²) in [6.45, 7) is 4.18. The van der Waals surface area contributed by atoms with E-state index in [1.54, 1.807) is 0 Å². The average molecular weight is 338 g/mol. The van der Waals surface area contributed by atoms with Crippen LogP contribution in [0.25, 0.3) is 33.8 Å². The molecule has 0 N–H and O–H groups in total. The Balaban J connectivity index is 1.60. The van der Waals surface area contributed by atoms with Gasteiger partial charge in [-0.3, -0.25) is 0 Å². The van der Waals surface area contributed by atoms with E-state index in [1.807, 2.05) is 12.1 Å². The number of aryl methyl sites for hydroxylation is 2. The van der Waals surface area contributed by atoms with Crippen LogP contribution in [0.15, 0.2) is 73.3 Å². The predicted octanol–water partition coefficient (Wildman–Crippen LogP) is 4.93. The second-order valence-electron chi connectivity index (χ2n) is 6.78. The van der Waals surface area contributed by atoms with Gasteiger partial charge in [-0.1, -0.05) is 30.3 Å². The topological polar surface area (TPSA) is 34.6 Å². The van der Waals surface area contributed by atoms with Crippen LogP contribution in [0, 0.1) is 13.8 Å². The highest BCUT2D eigenvalue weighted by Gasteiger charge is 2.09. The highest BCUT2D eigenvalue weighted by atomic mass is 15.0. The van der Waals surface area contributed by atoms with E-state index in [2.05, 4.69) is 83.8 Å². The third-order valence-electron chi connectivity index (χ3n) is 4.65. The molecule has 4 heteroatoms. The molecule has 4 aromatic heterocycles. The first-order chi connectivity index (χ1) is 12.7. The fourth-order valence-electron chi connectivity index (χ4n) is 3.32. The number of imidazole rings is 2. The van der Waals surface area contributed by atoms with Crippen molar-refractivity contribution < 1.29 is 0 Å². The quantitative estimate of drug-likeness (QED) is 0.457. The number of pyridine rings is 2. The Kier molecular flexibility index (Phi) is 3.19. The molecule has 0 bridgehead atoms. The summed E-state index contributed by atoms with van der Waals surface area (Å²) in [6.07, 6.45) is 8.35. The van der Waals surface area contributed by atoms with Gasteiger partial charge in [0.1, 0.15) is 11.3 Å². The van der Waals surface area contributed by atoms with E-state index < -0.39 is 0 Å². The molecule has 0 aliphatic rings. The zero-order chi connectivity index (χ0) is 17.7. The minimum Gasteiger partial charge on any atom is -0.306 e. The average Bonchev–Trinajstić information content (AvgIpc) is 3.25. The van der Waals surface area contributed by atoms with Gasteiger partial charge in [-0.15, -0.1) is 0 Å². The molecule has 0 aliphatic carbocycles. The first-order valence-corrected chi connectivity index (χ1v) is 8.67. The Morgan fingerprint density at radius 1 is 0.615 bits per heavy atom. The van der Waals surface area contributed by atoms with Crippen LogP contribution in [0.1, 0.15) is 11.1 Å². The van der Waals surface area contributed by atoms with Crippen LogP contribution in [0.2, 0.25) is 0 Å². The summed E-state index contributed by atoms with van der Waals surface area (Å²) in [5.74, 6) is 0. The van der Waals surface area contributed by atoms with Gasteiger partial charge in [-0.2, -0.15) is 0 Å². The van der Waals surface area contributed by atoms with Crippen molar-refractivity contribution in [3.8, 4) is 22.5 Å². The van der Waals surface area contributed by atoms with Crippen LogP contribution in [-0.2, 0) is 0 Å². The Morgan fingerprint density at radius 2 is 1.12 bits per heavy atom. The number of aromatic nitrogens is 4. The summed E-state index contributed by atoms with van der Waals surface area (Å²) < 4.78 is 4.15. The second-order valence-corrected chi connectivity index (χ2v) is 6.78. The van der Waals surface area contributed by atoms with E-state index in [0.717, 1.165) is 33.8 Å². The van der Waals surface area contributed by atoms with Gasteiger partial charge in [0.25, 0.3) is 0 Å². The second kappa shape index (κ2) is 5.56. The monoisotopic (exact) mass is 338 g/mol. The lowest BCUT2D eigenvalue weighted by molar-refractivity contribution is 1.16. The summed E-state index contributed by atoms with van der Waals surface area (Å²) in [5, 5.41) is 0. The van der Waals surface area contributed by atoms with Crippen molar-refractivity contribution in [2.45, 2.75) is 13.8 Å². The van der Waals surface area contributed by atoms with Gasteiger partial charge in [-0.05, 0) is 43.2 Å². The van der Waals surface area contributed by atoms with Crippen LogP contribution < -0.4 is 0 Å². The molecule has 0 saturated heterocycles. The molecular formula is C22H18N4. The maximum atomic E-state index is 4.75. The fourth-order valence-corrected chi connectivity index (χ4v) is 3.32. The van der Waals surface area contributed by atoms with Gasteiger partial charge in [-0.25, -0.2) is 9.97 Å². The molecule has 0 spiro atoms. The van der Waals surface area contributed by atoms with Crippen LogP contribution >= 0.6 is 0 Å². The van der Waals surface area contributed by atoms with Crippen LogP contribution in [0.5, 0.6) is 0 Å². The van der Waals surface area contributed by atoms with Crippen LogP contribution in [0.3, 0.4) is 0 Å². The van der Waals surface area contributed by atoms with Crippen molar-refractivity contribution in [2.75, 3.05) is 0 Å². The minimum absolute atomic E-state index is 0.958. The summed E-state index contributed by atoms with van der Waals surface area (Å²) in [5.41, 5.74) is 8.48. The summed E-state index contributed by atoms with van der Waals surface area (Å²) >= 11 is 0. The van der Waals surface area contributed by atoms with Gasteiger partial charge in [0.15, 0.2) is 0 Å². The van der Waals surface area contributed by atoms with Crippen molar-refractivity contribution in [2.24, 2.45) is 0 Å². The number of rotatable bonds is 2. The van der Waals surface area contributed by atoms with Crippen molar-refractivity contribution in [1.82, 2.24) is 18.8 Å². The van der Waals surface area contributed by atoms with E-state index in [9.17, 15) is 0 Å². The van der Waals surface area contributed by atoms with E-state index >= 15 is 0 Å². The molecule has 1 aromatic carbocycles. The Labute approximate surface area is 151 Å². The summed E-state index contributed by atoms with van der Waals surface area (Å²) in [4.78, 5) is 9.50. The zero-order valence-electron chi connectivity index (χ0n) is 14.7. The Bertz CT molecular complexity index is 1160. The van der Waals surface area contributed by atoms with Gasteiger partial charge < -0.3 is 8.80 Å². The molecule has 0 saturated carbocycles. The zero-order valence-corrected chi connectivity index (χ0v) is 14.7. The van der Waals surface area contributed by atoms with Gasteiger partial charge in [0.05, 0.1) is 11.4 Å². The molecule has 4 nitrogen and oxygen atoms in total. The molecule has 4 heterocycles. The molecule has 5 aromatic rings. The maximum absolute atomic E-state index is 4.75. The highest BCUT2D eigenvalue weighted by molar-refractivity contribution is 5.71. The number of fused-ring (bicyclic) bond motifs is 2. The molecular weight excluding hydrogens is 320 g/mol. The van der Waals surface area contributed by atoms with Crippen molar-refractivity contribution in [3.63, 3.8) is 0 Å². The predicted molar refractivity (Wildman–Crippen MR) is 104 cm³/mol. The van der Waals surface area contributed by atoms with Crippen molar-refractivity contribution in [3.05, 3.63) is 84.4 Å². The van der Waals surface area contributed by atoms with Gasteiger partial charge in [0, 0.05) is 35.9 Å². The van der Waals surface area contributed by atoms with E-state index in [4.69, 9.17) is 9.97 Å². The van der Waals surface area contributed by atoms with Crippen LogP contribution in [0.4, 0.5) is 0 Å². The van der Waals surface area contributed by atoms with Crippen molar-refractivity contribution in [1.29, 1.82) is 0 Å². The number of nitrogens with zero attached hydrogens (tertiary/aromatic N) is 4. The lowest BCUT2D eigenvalue weighted by Gasteiger charge is -2.00. The number of hydrogen-bond donors (Lipinski definition) is 0. The lowest BCUT2D eigenvalue weighted by Crippen LogP contribution is -1.82. The van der Waals surface area contributed by atoms with Gasteiger partial charge >= 0.3 is 0 Å². The normalized spacial score (nSPS) is 11.5. The van der Waals surface area contributed by atoms with E-state index in [1.165, 1.54) is 11.1 Å². The van der Waals surface area contributed by atoms with Gasteiger partial charge in [0.2, 0.25) is 0 Å². The third-order valence-corrected chi connectivity index (χ3v) is 4.65. The molecule has 0 fully saturated rings. The molecule has 0 unspecified atom stereocenters. The smallest absolute Gasteiger partial charge is 0.137 e. The first-order valence-electron chi connectivity index (χ1n) is 8.67. The molecule has 0 aliphatic heterocycles. The molecule has 26 heavy (non-hydrogen) atoms. The summed E-state index contributed by atoms with van der Waals surface area (Å²) in [6, 6.07) is 16.7. The molecule has 0 atom stereocenters. The maximum Gasteiger partial charge on any atom is 0.137 e. The van der Waals surface area contributed by atoms with Crippen LogP contribution in [-0.4, -0.2) is 18.8 Å². The number of benzene rings is 1. The first kappa shape index (κ1) is 14.9. The standard InChI is InChI=1S/C22H18N4/c1-15-6-8-21-23-19(13-25(21)11-15)17-4-3-5-18(10-17)20-14-26-12-16(2)7-9-22(26)24-20/h3-14H,1-2H3. The van der Waals surface area contributed by atoms with E-state index in [0.29, 0.717) is 0 Å². The summed E-state index contributed by atoms with van der Waals surface area (Å²) in [7, 11) is 0. The minimum atomic E-state index is 0.958. The third kappa shape index (κ3) is 2.47.